The second-order valence-electron chi connectivity index (χ2n) is 11.8. The van der Waals surface area contributed by atoms with Gasteiger partial charge < -0.3 is 0 Å². The van der Waals surface area contributed by atoms with Crippen LogP contribution in [-0.4, -0.2) is 21.3 Å². The van der Waals surface area contributed by atoms with Crippen molar-refractivity contribution in [2.75, 3.05) is 0 Å². The van der Waals surface area contributed by atoms with E-state index < -0.39 is 27.2 Å². The molecule has 0 spiro atoms. The van der Waals surface area contributed by atoms with Crippen LogP contribution < -0.4 is 0 Å². The van der Waals surface area contributed by atoms with Crippen molar-refractivity contribution in [3.8, 4) is 11.1 Å². The van der Waals surface area contributed by atoms with Gasteiger partial charge in [-0.2, -0.15) is 0 Å². The summed E-state index contributed by atoms with van der Waals surface area (Å²) in [6, 6.07) is 25.3. The van der Waals surface area contributed by atoms with Crippen molar-refractivity contribution in [1.29, 1.82) is 0 Å². The quantitative estimate of drug-likeness (QED) is 0.247. The van der Waals surface area contributed by atoms with E-state index in [2.05, 4.69) is 116 Å². The van der Waals surface area contributed by atoms with E-state index in [4.69, 9.17) is 4.43 Å². The first-order valence-electron chi connectivity index (χ1n) is 12.6. The molecule has 3 aromatic rings. The average molecular weight is 634 g/mol. The van der Waals surface area contributed by atoms with E-state index in [-0.39, 0.29) is 30.9 Å². The number of fused-ring (bicyclic) bond motifs is 4. The van der Waals surface area contributed by atoms with Crippen LogP contribution in [0.4, 0.5) is 0 Å². The smallest absolute Gasteiger partial charge is 0.147 e. The third kappa shape index (κ3) is 5.65. The van der Waals surface area contributed by atoms with Gasteiger partial charge in [0.1, 0.15) is 0 Å². The Bertz CT molecular complexity index is 1340. The van der Waals surface area contributed by atoms with Crippen molar-refractivity contribution in [2.24, 2.45) is 0 Å². The number of hydrogen-bond donors (Lipinski definition) is 0. The van der Waals surface area contributed by atoms with Gasteiger partial charge in [0.25, 0.3) is 0 Å². The largest absolute Gasteiger partial charge is 0.147 e. The van der Waals surface area contributed by atoms with Gasteiger partial charge >= 0.3 is 214 Å². The third-order valence-electron chi connectivity index (χ3n) is 7.18. The average Bonchev–Trinajstić information content (AvgIpc) is 3.27. The molecule has 0 fully saturated rings. The maximum absolute atomic E-state index is 6.51. The summed E-state index contributed by atoms with van der Waals surface area (Å²) >= 11 is -2.35. The minimum atomic E-state index is -2.35. The first-order chi connectivity index (χ1) is 16.0. The fourth-order valence-corrected chi connectivity index (χ4v) is 15.5. The van der Waals surface area contributed by atoms with Crippen LogP contribution in [0.3, 0.4) is 0 Å². The number of hydrogen-bond acceptors (Lipinski definition) is 1. The first-order valence-corrected chi connectivity index (χ1v) is 28.3. The molecule has 0 bridgehead atoms. The fourth-order valence-electron chi connectivity index (χ4n) is 6.26. The molecule has 3 atom stereocenters. The first kappa shape index (κ1) is 29.8. The molecule has 0 radical (unpaired) electrons. The molecule has 3 aromatic carbocycles. The van der Waals surface area contributed by atoms with Crippen LogP contribution in [0.2, 0.25) is 28.9 Å². The van der Waals surface area contributed by atoms with Crippen LogP contribution in [0.1, 0.15) is 50.7 Å². The van der Waals surface area contributed by atoms with Gasteiger partial charge in [-0.25, -0.2) is 0 Å². The zero-order valence-electron chi connectivity index (χ0n) is 22.3. The Balaban J connectivity index is 0.00000180. The molecule has 36 heavy (non-hydrogen) atoms. The van der Waals surface area contributed by atoms with Crippen LogP contribution >= 0.6 is 24.8 Å². The third-order valence-corrected chi connectivity index (χ3v) is 16.0. The number of rotatable bonds is 6. The van der Waals surface area contributed by atoms with E-state index >= 15 is 0 Å². The predicted molar refractivity (Wildman–Crippen MR) is 163 cm³/mol. The summed E-state index contributed by atoms with van der Waals surface area (Å²) in [5.41, 5.74) is 12.0. The molecular formula is C30H39Cl2OSi2Zr. The normalized spacial score (nSPS) is 18.8. The molecule has 0 saturated carbocycles. The van der Waals surface area contributed by atoms with Gasteiger partial charge in [-0.3, -0.25) is 0 Å². The zero-order valence-corrected chi connectivity index (χ0v) is 28.8. The number of benzene rings is 3. The van der Waals surface area contributed by atoms with Crippen LogP contribution in [0.25, 0.3) is 17.2 Å². The molecule has 5 rings (SSSR count). The van der Waals surface area contributed by atoms with Gasteiger partial charge in [-0.1, -0.05) is 0 Å². The van der Waals surface area contributed by atoms with Crippen molar-refractivity contribution in [2.45, 2.75) is 57.9 Å². The summed E-state index contributed by atoms with van der Waals surface area (Å²) in [5.74, 6) is 0.326. The summed E-state index contributed by atoms with van der Waals surface area (Å²) in [7, 11) is -1.59. The molecule has 0 aromatic heterocycles. The van der Waals surface area contributed by atoms with Gasteiger partial charge in [0.2, 0.25) is 0 Å². The second-order valence-corrected chi connectivity index (χ2v) is 38.3. The maximum Gasteiger partial charge on any atom is -0.147 e. The summed E-state index contributed by atoms with van der Waals surface area (Å²) in [6.07, 6.45) is 3.69. The molecular weight excluding hydrogens is 595 g/mol. The van der Waals surface area contributed by atoms with Gasteiger partial charge in [0.15, 0.2) is 0 Å². The van der Waals surface area contributed by atoms with Crippen LogP contribution in [0.5, 0.6) is 0 Å². The van der Waals surface area contributed by atoms with E-state index in [1.165, 1.54) is 33.4 Å². The summed E-state index contributed by atoms with van der Waals surface area (Å²) in [6.45, 7) is 11.5. The predicted octanol–water partition coefficient (Wildman–Crippen LogP) is 8.56. The molecule has 1 nitrogen and oxygen atoms in total. The molecule has 0 aliphatic heterocycles. The van der Waals surface area contributed by atoms with Gasteiger partial charge in [0.05, 0.1) is 0 Å². The summed E-state index contributed by atoms with van der Waals surface area (Å²) in [5, 5.41) is 0. The van der Waals surface area contributed by atoms with Gasteiger partial charge in [0, 0.05) is 0 Å². The maximum atomic E-state index is 6.51. The minimum Gasteiger partial charge on any atom is -0.147 e. The van der Waals surface area contributed by atoms with E-state index in [0.29, 0.717) is 9.54 Å². The Morgan fingerprint density at radius 1 is 0.833 bits per heavy atom. The zero-order chi connectivity index (χ0) is 24.3. The van der Waals surface area contributed by atoms with E-state index in [1.54, 1.807) is 11.1 Å². The molecule has 0 N–H and O–H groups in total. The van der Waals surface area contributed by atoms with Crippen molar-refractivity contribution < 1.29 is 23.3 Å². The molecule has 191 valence electrons. The SMILES string of the molecule is CC(CC1=Cc2ccccc2C1c1cccc2c1[CH]([Zr]([CH3])([CH3])=[SiH2])c1ccccc1-2)O[Si](C)(C)C.Cl.Cl. The standard InChI is InChI=1S/C28H29OSi.2CH3.2ClH.H2Si.Zr/c1-19(29-30(2,3)4)16-22-17-20-10-6-8-13-24(20)28(22)26-15-9-14-25-23-12-7-5-11-21(23)18-27(25)26;;;;;;/h5-15,17-19,28H,16H2,1-4H3;2*1H3;2*1H;1H2;. The molecule has 3 unspecified atom stereocenters. The van der Waals surface area contributed by atoms with Crippen LogP contribution in [0, 0.1) is 0 Å². The Kier molecular flexibility index (Phi) is 9.24. The summed E-state index contributed by atoms with van der Waals surface area (Å²) in [4.78, 5) is 0. The van der Waals surface area contributed by atoms with E-state index in [1.807, 2.05) is 0 Å². The molecule has 2 aliphatic rings. The van der Waals surface area contributed by atoms with E-state index in [9.17, 15) is 0 Å². The Morgan fingerprint density at radius 3 is 2.08 bits per heavy atom. The fraction of sp³-hybridized carbons (Fsp3) is 0.333. The molecule has 0 saturated heterocycles. The van der Waals surface area contributed by atoms with Crippen LogP contribution in [0.15, 0.2) is 72.3 Å². The molecule has 0 amide bonds. The Hall–Kier alpha value is -0.743. The van der Waals surface area contributed by atoms with Gasteiger partial charge in [-0.05, 0) is 0 Å². The van der Waals surface area contributed by atoms with Crippen molar-refractivity contribution in [3.05, 3.63) is 100 Å². The second kappa shape index (κ2) is 11.2. The van der Waals surface area contributed by atoms with Crippen molar-refractivity contribution in [1.82, 2.24) is 0 Å². The number of halogens is 2. The van der Waals surface area contributed by atoms with Crippen molar-refractivity contribution in [3.63, 3.8) is 0 Å². The van der Waals surface area contributed by atoms with Gasteiger partial charge in [-0.15, -0.1) is 24.8 Å². The molecule has 6 heteroatoms. The van der Waals surface area contributed by atoms with Crippen molar-refractivity contribution >= 4 is 46.1 Å². The Labute approximate surface area is 236 Å². The van der Waals surface area contributed by atoms with Crippen LogP contribution in [-0.2, 0) is 23.3 Å². The minimum absolute atomic E-state index is 0. The summed E-state index contributed by atoms with van der Waals surface area (Å²) < 4.78 is 12.4. The Morgan fingerprint density at radius 2 is 1.42 bits per heavy atom. The molecule has 2 aliphatic carbocycles. The molecule has 0 heterocycles. The monoisotopic (exact) mass is 631 g/mol. The topological polar surface area (TPSA) is 9.23 Å². The van der Waals surface area contributed by atoms with E-state index in [0.717, 1.165) is 6.42 Å².